The first kappa shape index (κ1) is 29.0. The van der Waals surface area contributed by atoms with Crippen molar-refractivity contribution in [2.75, 3.05) is 23.8 Å². The van der Waals surface area contributed by atoms with Crippen LogP contribution in [0.5, 0.6) is 5.75 Å². The number of aromatic nitrogens is 2. The maximum atomic E-state index is 14.6. The van der Waals surface area contributed by atoms with Crippen molar-refractivity contribution in [2.24, 2.45) is 5.92 Å². The van der Waals surface area contributed by atoms with Crippen LogP contribution in [0.25, 0.3) is 11.3 Å². The zero-order chi connectivity index (χ0) is 30.2. The van der Waals surface area contributed by atoms with Crippen LogP contribution in [0.4, 0.5) is 21.7 Å². The summed E-state index contributed by atoms with van der Waals surface area (Å²) in [6.07, 6.45) is 0.712. The quantitative estimate of drug-likeness (QED) is 0.251. The zero-order valence-corrected chi connectivity index (χ0v) is 24.6. The van der Waals surface area contributed by atoms with Gasteiger partial charge in [-0.25, -0.2) is 19.1 Å². The Balaban J connectivity index is 0.00000235. The van der Waals surface area contributed by atoms with Crippen molar-refractivity contribution in [1.82, 2.24) is 14.7 Å². The molecule has 1 amide bonds. The van der Waals surface area contributed by atoms with Crippen molar-refractivity contribution in [3.63, 3.8) is 0 Å². The maximum absolute atomic E-state index is 14.6. The number of pyridine rings is 2. The van der Waals surface area contributed by atoms with Crippen LogP contribution in [0.2, 0.25) is 0 Å². The Labute approximate surface area is 249 Å². The molecule has 0 saturated heterocycles. The van der Waals surface area contributed by atoms with E-state index in [1.54, 1.807) is 12.1 Å². The summed E-state index contributed by atoms with van der Waals surface area (Å²) in [4.78, 5) is 24.1. The smallest absolute Gasteiger partial charge is 0.281 e. The predicted octanol–water partition coefficient (Wildman–Crippen LogP) is 6.07. The number of benzene rings is 2. The fourth-order valence-electron chi connectivity index (χ4n) is 5.04. The predicted molar refractivity (Wildman–Crippen MR) is 166 cm³/mol. The number of fused-ring (bicyclic) bond motifs is 1. The van der Waals surface area contributed by atoms with E-state index in [2.05, 4.69) is 15.8 Å². The van der Waals surface area contributed by atoms with E-state index in [0.29, 0.717) is 36.6 Å². The summed E-state index contributed by atoms with van der Waals surface area (Å²) >= 11 is 0. The second kappa shape index (κ2) is 11.4. The van der Waals surface area contributed by atoms with Gasteiger partial charge in [0.1, 0.15) is 23.2 Å². The summed E-state index contributed by atoms with van der Waals surface area (Å²) in [5.41, 5.74) is 10.7. The molecule has 5 rings (SSSR count). The van der Waals surface area contributed by atoms with Crippen LogP contribution >= 0.6 is 0 Å². The number of carbonyl (C=O) groups excluding carboxylic acids is 1. The molecule has 4 aromatic rings. The minimum Gasteiger partial charge on any atom is -0.493 e. The highest BCUT2D eigenvalue weighted by molar-refractivity contribution is 7.90. The molecule has 1 aliphatic heterocycles. The van der Waals surface area contributed by atoms with E-state index < -0.39 is 21.7 Å². The summed E-state index contributed by atoms with van der Waals surface area (Å²) in [5.74, 6) is -0.507. The van der Waals surface area contributed by atoms with Crippen LogP contribution in [0.1, 0.15) is 45.2 Å². The number of carbonyl (C=O) groups is 1. The SMILES string of the molecule is Cc1cc(C)c2c(c1)CCN2c1nc(-c2cc(F)cc(OCC(C)C)c2)ccc1C(=O)NS(=O)(=O)c1cccc(N)n1.[HH].[HH].[HH]. The van der Waals surface area contributed by atoms with Crippen molar-refractivity contribution in [2.45, 2.75) is 39.1 Å². The third kappa shape index (κ3) is 6.06. The van der Waals surface area contributed by atoms with E-state index in [1.165, 1.54) is 36.4 Å². The fourth-order valence-corrected chi connectivity index (χ4v) is 5.98. The van der Waals surface area contributed by atoms with E-state index in [4.69, 9.17) is 15.5 Å². The topological polar surface area (TPSA) is 128 Å². The van der Waals surface area contributed by atoms with Gasteiger partial charge in [0.15, 0.2) is 5.03 Å². The number of rotatable bonds is 8. The number of nitrogen functional groups attached to an aromatic ring is 1. The first-order valence-corrected chi connectivity index (χ1v) is 15.0. The van der Waals surface area contributed by atoms with Gasteiger partial charge in [-0.1, -0.05) is 37.6 Å². The molecule has 0 aliphatic carbocycles. The highest BCUT2D eigenvalue weighted by Gasteiger charge is 2.30. The number of nitrogens with two attached hydrogens (primary N) is 1. The van der Waals surface area contributed by atoms with Gasteiger partial charge in [-0.15, -0.1) is 0 Å². The number of aryl methyl sites for hydroxylation is 2. The highest BCUT2D eigenvalue weighted by atomic mass is 32.2. The van der Waals surface area contributed by atoms with Crippen molar-refractivity contribution in [3.05, 3.63) is 88.7 Å². The number of nitrogens with zero attached hydrogens (tertiary/aromatic N) is 3. The molecule has 2 aromatic carbocycles. The standard InChI is InChI=1S/C31H32FN5O4S.3H2/c1-18(2)17-41-24-15-22(14-23(32)16-24)26-9-8-25(31(38)36-42(39,40)28-7-5-6-27(33)35-28)30(34-26)37-11-10-21-13-19(3)12-20(4)29(21)37;;;/h5-9,12-16,18H,10-11,17H2,1-4H3,(H2,33,35)(H,36,38);3*1H. The third-order valence-corrected chi connectivity index (χ3v) is 8.00. The van der Waals surface area contributed by atoms with Gasteiger partial charge in [0, 0.05) is 28.1 Å². The minimum atomic E-state index is -4.33. The van der Waals surface area contributed by atoms with E-state index in [-0.39, 0.29) is 32.4 Å². The van der Waals surface area contributed by atoms with Gasteiger partial charge in [0.05, 0.1) is 17.9 Å². The van der Waals surface area contributed by atoms with Crippen LogP contribution < -0.4 is 20.1 Å². The normalized spacial score (nSPS) is 12.9. The lowest BCUT2D eigenvalue weighted by atomic mass is 10.0. The Bertz CT molecular complexity index is 1810. The van der Waals surface area contributed by atoms with Gasteiger partial charge < -0.3 is 15.4 Å². The summed E-state index contributed by atoms with van der Waals surface area (Å²) in [6, 6.07) is 15.7. The Morgan fingerprint density at radius 1 is 1.12 bits per heavy atom. The summed E-state index contributed by atoms with van der Waals surface area (Å²) in [6.45, 7) is 8.93. The van der Waals surface area contributed by atoms with E-state index >= 15 is 0 Å². The number of halogens is 1. The molecule has 0 saturated carbocycles. The van der Waals surface area contributed by atoms with Gasteiger partial charge >= 0.3 is 0 Å². The Morgan fingerprint density at radius 3 is 2.64 bits per heavy atom. The molecule has 0 unspecified atom stereocenters. The van der Waals surface area contributed by atoms with Crippen molar-refractivity contribution >= 4 is 33.3 Å². The van der Waals surface area contributed by atoms with Crippen molar-refractivity contribution in [1.29, 1.82) is 0 Å². The molecule has 42 heavy (non-hydrogen) atoms. The second-order valence-corrected chi connectivity index (χ2v) is 12.4. The average molecular weight is 596 g/mol. The number of sulfonamides is 1. The summed E-state index contributed by atoms with van der Waals surface area (Å²) in [7, 11) is -4.33. The second-order valence-electron chi connectivity index (χ2n) is 10.8. The lowest BCUT2D eigenvalue weighted by Gasteiger charge is -2.24. The first-order valence-electron chi connectivity index (χ1n) is 13.5. The molecular weight excluding hydrogens is 557 g/mol. The van der Waals surface area contributed by atoms with Gasteiger partial charge in [-0.3, -0.25) is 4.79 Å². The number of nitrogens with one attached hydrogen (secondary N) is 1. The number of anilines is 3. The van der Waals surface area contributed by atoms with Gasteiger partial charge in [-0.2, -0.15) is 8.42 Å². The van der Waals surface area contributed by atoms with E-state index in [1.807, 2.05) is 38.7 Å². The molecule has 0 radical (unpaired) electrons. The molecule has 2 aromatic heterocycles. The monoisotopic (exact) mass is 595 g/mol. The van der Waals surface area contributed by atoms with Gasteiger partial charge in [0.25, 0.3) is 15.9 Å². The fraction of sp³-hybridized carbons (Fsp3) is 0.258. The van der Waals surface area contributed by atoms with Gasteiger partial charge in [-0.05, 0) is 73.7 Å². The van der Waals surface area contributed by atoms with E-state index in [0.717, 1.165) is 22.4 Å². The molecule has 3 heterocycles. The minimum absolute atomic E-state index is 0. The van der Waals surface area contributed by atoms with Crippen molar-refractivity contribution < 1.29 is 26.6 Å². The molecule has 0 bridgehead atoms. The lowest BCUT2D eigenvalue weighted by molar-refractivity contribution is 0.0981. The summed E-state index contributed by atoms with van der Waals surface area (Å²) in [5, 5.41) is -0.381. The third-order valence-electron chi connectivity index (χ3n) is 6.77. The lowest BCUT2D eigenvalue weighted by Crippen LogP contribution is -2.33. The number of hydrogen-bond donors (Lipinski definition) is 2. The number of amides is 1. The number of ether oxygens (including phenoxy) is 1. The van der Waals surface area contributed by atoms with Crippen molar-refractivity contribution in [3.8, 4) is 17.0 Å². The average Bonchev–Trinajstić information content (AvgIpc) is 3.35. The molecule has 1 aliphatic rings. The molecule has 224 valence electrons. The molecular formula is C31H38FN5O4S. The Morgan fingerprint density at radius 2 is 1.90 bits per heavy atom. The Kier molecular flexibility index (Phi) is 7.87. The van der Waals surface area contributed by atoms with Crippen LogP contribution in [0, 0.1) is 25.6 Å². The van der Waals surface area contributed by atoms with Gasteiger partial charge in [0.2, 0.25) is 0 Å². The molecule has 0 atom stereocenters. The van der Waals surface area contributed by atoms with Crippen LogP contribution in [0.15, 0.2) is 65.7 Å². The zero-order valence-electron chi connectivity index (χ0n) is 23.8. The maximum Gasteiger partial charge on any atom is 0.281 e. The molecule has 3 N–H and O–H groups in total. The van der Waals surface area contributed by atoms with Crippen LogP contribution in [0.3, 0.4) is 0 Å². The first-order chi connectivity index (χ1) is 19.9. The summed E-state index contributed by atoms with van der Waals surface area (Å²) < 4.78 is 48.6. The molecule has 0 spiro atoms. The molecule has 11 heteroatoms. The molecule has 9 nitrogen and oxygen atoms in total. The highest BCUT2D eigenvalue weighted by Crippen LogP contribution is 2.39. The largest absolute Gasteiger partial charge is 0.493 e. The van der Waals surface area contributed by atoms with Crippen LogP contribution in [-0.2, 0) is 16.4 Å². The number of hydrogen-bond acceptors (Lipinski definition) is 8. The van der Waals surface area contributed by atoms with E-state index in [9.17, 15) is 17.6 Å². The van der Waals surface area contributed by atoms with Crippen LogP contribution in [-0.4, -0.2) is 37.4 Å². The Hall–Kier alpha value is -4.51. The molecule has 0 fully saturated rings.